The van der Waals surface area contributed by atoms with E-state index in [1.165, 1.54) is 12.4 Å². The first-order valence-corrected chi connectivity index (χ1v) is 5.48. The lowest BCUT2D eigenvalue weighted by molar-refractivity contribution is 0.598. The zero-order valence-corrected chi connectivity index (χ0v) is 10.1. The summed E-state index contributed by atoms with van der Waals surface area (Å²) < 4.78 is 26.9. The summed E-state index contributed by atoms with van der Waals surface area (Å²) in [5.74, 6) is -1.13. The molecule has 0 spiro atoms. The molecule has 88 valence electrons. The number of hydrogen-bond acceptors (Lipinski definition) is 3. The molecule has 0 aliphatic heterocycles. The summed E-state index contributed by atoms with van der Waals surface area (Å²) in [6.45, 7) is 0. The van der Waals surface area contributed by atoms with Gasteiger partial charge >= 0.3 is 0 Å². The second kappa shape index (κ2) is 4.67. The van der Waals surface area contributed by atoms with E-state index < -0.39 is 11.6 Å². The van der Waals surface area contributed by atoms with Crippen molar-refractivity contribution in [3.8, 4) is 0 Å². The zero-order valence-electron chi connectivity index (χ0n) is 8.55. The number of nitrogens with one attached hydrogen (secondary N) is 1. The molecule has 0 radical (unpaired) electrons. The minimum absolute atomic E-state index is 0.0172. The highest BCUT2D eigenvalue weighted by atomic mass is 79.9. The van der Waals surface area contributed by atoms with Crippen LogP contribution in [0.4, 0.5) is 25.8 Å². The number of hydrogen-bond donors (Lipinski definition) is 2. The molecule has 17 heavy (non-hydrogen) atoms. The Bertz CT molecular complexity index is 560. The van der Waals surface area contributed by atoms with E-state index in [9.17, 15) is 8.78 Å². The van der Waals surface area contributed by atoms with E-state index in [1.54, 1.807) is 6.07 Å². The molecule has 0 saturated heterocycles. The van der Waals surface area contributed by atoms with Gasteiger partial charge in [-0.1, -0.05) is 0 Å². The maximum absolute atomic E-state index is 13.5. The fourth-order valence-electron chi connectivity index (χ4n) is 1.28. The fourth-order valence-corrected chi connectivity index (χ4v) is 1.60. The van der Waals surface area contributed by atoms with Gasteiger partial charge in [0.15, 0.2) is 0 Å². The molecule has 0 saturated carbocycles. The summed E-state index contributed by atoms with van der Waals surface area (Å²) in [5, 5.41) is 2.71. The van der Waals surface area contributed by atoms with E-state index in [2.05, 4.69) is 26.2 Å². The number of aromatic nitrogens is 1. The van der Waals surface area contributed by atoms with Crippen LogP contribution in [-0.4, -0.2) is 4.98 Å². The Hall–Kier alpha value is -1.69. The number of nitrogens with zero attached hydrogens (tertiary/aromatic N) is 1. The smallest absolute Gasteiger partial charge is 0.147 e. The quantitative estimate of drug-likeness (QED) is 0.835. The molecule has 3 nitrogen and oxygen atoms in total. The van der Waals surface area contributed by atoms with Crippen molar-refractivity contribution in [3.63, 3.8) is 0 Å². The molecule has 6 heteroatoms. The van der Waals surface area contributed by atoms with Gasteiger partial charge in [-0.15, -0.1) is 0 Å². The van der Waals surface area contributed by atoms with Crippen molar-refractivity contribution in [3.05, 3.63) is 46.7 Å². The van der Waals surface area contributed by atoms with Crippen molar-refractivity contribution >= 4 is 33.0 Å². The Labute approximate surface area is 105 Å². The Morgan fingerprint density at radius 2 is 1.94 bits per heavy atom. The zero-order chi connectivity index (χ0) is 12.4. The summed E-state index contributed by atoms with van der Waals surface area (Å²) >= 11 is 2.90. The monoisotopic (exact) mass is 299 g/mol. The molecule has 1 heterocycles. The van der Waals surface area contributed by atoms with Gasteiger partial charge in [0.1, 0.15) is 11.6 Å². The van der Waals surface area contributed by atoms with E-state index in [0.717, 1.165) is 12.1 Å². The van der Waals surface area contributed by atoms with Crippen LogP contribution < -0.4 is 11.1 Å². The van der Waals surface area contributed by atoms with E-state index in [1.807, 2.05) is 0 Å². The first kappa shape index (κ1) is 11.8. The minimum Gasteiger partial charge on any atom is -0.396 e. The Balaban J connectivity index is 2.37. The Morgan fingerprint density at radius 1 is 1.18 bits per heavy atom. The maximum Gasteiger partial charge on any atom is 0.147 e. The van der Waals surface area contributed by atoms with Gasteiger partial charge in [-0.25, -0.2) is 8.78 Å². The molecule has 0 amide bonds. The average molecular weight is 300 g/mol. The number of benzene rings is 1. The summed E-state index contributed by atoms with van der Waals surface area (Å²) in [7, 11) is 0. The molecule has 2 rings (SSSR count). The Morgan fingerprint density at radius 3 is 2.65 bits per heavy atom. The molecule has 0 aliphatic rings. The van der Waals surface area contributed by atoms with Gasteiger partial charge in [-0.3, -0.25) is 4.98 Å². The molecule has 0 aliphatic carbocycles. The number of nitrogens with two attached hydrogens (primary N) is 1. The number of nitrogen functional groups attached to an aromatic ring is 1. The predicted molar refractivity (Wildman–Crippen MR) is 66.0 cm³/mol. The standard InChI is InChI=1S/C11H8BrF2N3/c12-6-3-8(14)11(4-7(6)13)17-10-1-2-16-5-9(10)15/h1-5H,15H2,(H,16,17). The van der Waals surface area contributed by atoms with Crippen molar-refractivity contribution in [2.45, 2.75) is 0 Å². The molecule has 1 aromatic carbocycles. The van der Waals surface area contributed by atoms with Gasteiger partial charge in [0.2, 0.25) is 0 Å². The minimum atomic E-state index is -0.575. The number of halogens is 3. The van der Waals surface area contributed by atoms with Crippen LogP contribution in [0.25, 0.3) is 0 Å². The third-order valence-electron chi connectivity index (χ3n) is 2.13. The molecule has 0 bridgehead atoms. The predicted octanol–water partition coefficient (Wildman–Crippen LogP) is 3.45. The van der Waals surface area contributed by atoms with Gasteiger partial charge in [0.25, 0.3) is 0 Å². The lowest BCUT2D eigenvalue weighted by atomic mass is 10.2. The normalized spacial score (nSPS) is 10.3. The average Bonchev–Trinajstić information content (AvgIpc) is 2.29. The van der Waals surface area contributed by atoms with E-state index >= 15 is 0 Å². The van der Waals surface area contributed by atoms with Crippen molar-refractivity contribution in [2.24, 2.45) is 0 Å². The maximum atomic E-state index is 13.5. The molecular formula is C11H8BrF2N3. The number of pyridine rings is 1. The summed E-state index contributed by atoms with van der Waals surface area (Å²) in [4.78, 5) is 3.80. The lowest BCUT2D eigenvalue weighted by Crippen LogP contribution is -1.99. The molecule has 0 fully saturated rings. The molecule has 0 unspecified atom stereocenters. The molecule has 3 N–H and O–H groups in total. The summed E-state index contributed by atoms with van der Waals surface area (Å²) in [6.07, 6.45) is 2.93. The highest BCUT2D eigenvalue weighted by Crippen LogP contribution is 2.27. The van der Waals surface area contributed by atoms with E-state index in [0.29, 0.717) is 11.4 Å². The van der Waals surface area contributed by atoms with Crippen molar-refractivity contribution in [1.82, 2.24) is 4.98 Å². The third-order valence-corrected chi connectivity index (χ3v) is 2.74. The summed E-state index contributed by atoms with van der Waals surface area (Å²) in [5.41, 5.74) is 6.48. The SMILES string of the molecule is Nc1cnccc1Nc1cc(F)c(Br)cc1F. The highest BCUT2D eigenvalue weighted by Gasteiger charge is 2.09. The molecule has 2 aromatic rings. The third kappa shape index (κ3) is 2.52. The Kier molecular flexibility index (Phi) is 3.23. The van der Waals surface area contributed by atoms with Crippen LogP contribution in [0.5, 0.6) is 0 Å². The van der Waals surface area contributed by atoms with Crippen LogP contribution in [0, 0.1) is 11.6 Å². The second-order valence-corrected chi connectivity index (χ2v) is 4.19. The van der Waals surface area contributed by atoms with Gasteiger partial charge in [0.05, 0.1) is 27.7 Å². The lowest BCUT2D eigenvalue weighted by Gasteiger charge is -2.10. The largest absolute Gasteiger partial charge is 0.396 e. The molecular weight excluding hydrogens is 292 g/mol. The van der Waals surface area contributed by atoms with Crippen LogP contribution in [0.1, 0.15) is 0 Å². The van der Waals surface area contributed by atoms with Crippen LogP contribution in [0.15, 0.2) is 35.1 Å². The van der Waals surface area contributed by atoms with Crippen LogP contribution in [0.2, 0.25) is 0 Å². The van der Waals surface area contributed by atoms with Crippen molar-refractivity contribution < 1.29 is 8.78 Å². The fraction of sp³-hybridized carbons (Fsp3) is 0. The first-order valence-electron chi connectivity index (χ1n) is 4.69. The van der Waals surface area contributed by atoms with Gasteiger partial charge in [-0.2, -0.15) is 0 Å². The van der Waals surface area contributed by atoms with E-state index in [-0.39, 0.29) is 10.2 Å². The van der Waals surface area contributed by atoms with E-state index in [4.69, 9.17) is 5.73 Å². The van der Waals surface area contributed by atoms with Crippen molar-refractivity contribution in [2.75, 3.05) is 11.1 Å². The van der Waals surface area contributed by atoms with Gasteiger partial charge < -0.3 is 11.1 Å². The van der Waals surface area contributed by atoms with Crippen LogP contribution in [-0.2, 0) is 0 Å². The summed E-state index contributed by atoms with van der Waals surface area (Å²) in [6, 6.07) is 3.68. The topological polar surface area (TPSA) is 50.9 Å². The van der Waals surface area contributed by atoms with Crippen LogP contribution >= 0.6 is 15.9 Å². The molecule has 0 atom stereocenters. The van der Waals surface area contributed by atoms with Gasteiger partial charge in [-0.05, 0) is 28.1 Å². The highest BCUT2D eigenvalue weighted by molar-refractivity contribution is 9.10. The molecule has 1 aromatic heterocycles. The number of anilines is 3. The van der Waals surface area contributed by atoms with Crippen LogP contribution in [0.3, 0.4) is 0 Å². The first-order chi connectivity index (χ1) is 8.08. The second-order valence-electron chi connectivity index (χ2n) is 3.33. The van der Waals surface area contributed by atoms with Crippen molar-refractivity contribution in [1.29, 1.82) is 0 Å². The van der Waals surface area contributed by atoms with Gasteiger partial charge in [0, 0.05) is 12.3 Å². The number of rotatable bonds is 2.